The third-order valence-electron chi connectivity index (χ3n) is 5.68. The minimum Gasteiger partial charge on any atom is -0.386 e. The Balaban J connectivity index is 2.65. The Morgan fingerprint density at radius 3 is 2.36 bits per heavy atom. The van der Waals surface area contributed by atoms with Gasteiger partial charge in [0.25, 0.3) is 0 Å². The van der Waals surface area contributed by atoms with Crippen LogP contribution in [0.15, 0.2) is 48.4 Å². The highest BCUT2D eigenvalue weighted by atomic mass is 16.2. The predicted molar refractivity (Wildman–Crippen MR) is 149 cm³/mol. The molecule has 1 aromatic rings. The molecule has 0 heterocycles. The topological polar surface area (TPSA) is 120 Å². The van der Waals surface area contributed by atoms with E-state index in [4.69, 9.17) is 5.73 Å². The second-order valence-corrected chi connectivity index (χ2v) is 9.27. The average Bonchev–Trinajstić information content (AvgIpc) is 2.85. The smallest absolute Gasteiger partial charge is 0.244 e. The zero-order valence-electron chi connectivity index (χ0n) is 22.7. The molecule has 0 radical (unpaired) electrons. The summed E-state index contributed by atoms with van der Waals surface area (Å²) in [6.45, 7) is 14.4. The Hall–Kier alpha value is -3.00. The van der Waals surface area contributed by atoms with Crippen molar-refractivity contribution in [2.45, 2.75) is 65.8 Å². The summed E-state index contributed by atoms with van der Waals surface area (Å²) in [6.07, 6.45) is 7.00. The van der Waals surface area contributed by atoms with Gasteiger partial charge in [0, 0.05) is 25.3 Å². The highest BCUT2D eigenvalue weighted by Crippen LogP contribution is 2.15. The van der Waals surface area contributed by atoms with Crippen LogP contribution in [0, 0.1) is 5.92 Å². The lowest BCUT2D eigenvalue weighted by Gasteiger charge is -2.22. The van der Waals surface area contributed by atoms with Crippen molar-refractivity contribution in [3.63, 3.8) is 0 Å². The molecule has 36 heavy (non-hydrogen) atoms. The normalized spacial score (nSPS) is 12.9. The molecule has 0 saturated carbocycles. The van der Waals surface area contributed by atoms with Crippen molar-refractivity contribution < 1.29 is 9.59 Å². The van der Waals surface area contributed by atoms with E-state index in [2.05, 4.69) is 91.2 Å². The molecule has 8 nitrogen and oxygen atoms in total. The first kappa shape index (κ1) is 31.0. The summed E-state index contributed by atoms with van der Waals surface area (Å²) >= 11 is 0. The monoisotopic (exact) mass is 500 g/mol. The molecule has 1 aromatic carbocycles. The number of carbonyl (C=O) groups excluding carboxylic acids is 2. The summed E-state index contributed by atoms with van der Waals surface area (Å²) in [5, 5.41) is 15.2. The molecule has 0 spiro atoms. The van der Waals surface area contributed by atoms with E-state index in [-0.39, 0.29) is 36.6 Å². The molecule has 0 aliphatic rings. The van der Waals surface area contributed by atoms with E-state index in [0.717, 1.165) is 44.3 Å². The lowest BCUT2D eigenvalue weighted by atomic mass is 9.94. The fourth-order valence-electron chi connectivity index (χ4n) is 3.85. The lowest BCUT2D eigenvalue weighted by Crippen LogP contribution is -2.54. The van der Waals surface area contributed by atoms with Crippen LogP contribution in [0.1, 0.15) is 58.1 Å². The maximum absolute atomic E-state index is 13.0. The maximum atomic E-state index is 13.0. The Kier molecular flexibility index (Phi) is 15.8. The van der Waals surface area contributed by atoms with Gasteiger partial charge in [0.05, 0.1) is 12.4 Å². The van der Waals surface area contributed by atoms with Crippen molar-refractivity contribution in [3.05, 3.63) is 59.6 Å². The SMILES string of the molecule is C=C(N)NCC(NC(=O)CN/C(=C\CC)CNCCC)C(=O)NCC(C)Cc1ccccc1CCC. The fourth-order valence-corrected chi connectivity index (χ4v) is 3.85. The van der Waals surface area contributed by atoms with Gasteiger partial charge in [-0.3, -0.25) is 9.59 Å². The second-order valence-electron chi connectivity index (χ2n) is 9.27. The van der Waals surface area contributed by atoms with Crippen LogP contribution in [0.3, 0.4) is 0 Å². The molecule has 202 valence electrons. The van der Waals surface area contributed by atoms with Gasteiger partial charge in [-0.1, -0.05) is 71.0 Å². The standard InChI is InChI=1S/C28H48N6O2/c1-6-11-23-13-9-10-14-24(23)16-21(4)17-33-28(36)26(19-31-22(5)29)34-27(35)20-32-25(12-7-2)18-30-15-8-3/h9-10,12-14,21,26,30-32H,5-8,11,15-20,29H2,1-4H3,(H,33,36)(H,34,35)/b25-12-. The van der Waals surface area contributed by atoms with Crippen LogP contribution in [-0.4, -0.2) is 50.6 Å². The van der Waals surface area contributed by atoms with Crippen molar-refractivity contribution in [2.24, 2.45) is 11.7 Å². The number of carbonyl (C=O) groups is 2. The minimum absolute atomic E-state index is 0.0810. The number of benzene rings is 1. The van der Waals surface area contributed by atoms with Crippen molar-refractivity contribution in [1.82, 2.24) is 26.6 Å². The minimum atomic E-state index is -0.768. The Labute approximate surface area is 217 Å². The summed E-state index contributed by atoms with van der Waals surface area (Å²) < 4.78 is 0. The first-order valence-corrected chi connectivity index (χ1v) is 13.3. The summed E-state index contributed by atoms with van der Waals surface area (Å²) in [7, 11) is 0. The van der Waals surface area contributed by atoms with Gasteiger partial charge in [-0.05, 0) is 49.3 Å². The molecule has 0 fully saturated rings. The van der Waals surface area contributed by atoms with E-state index in [9.17, 15) is 9.59 Å². The highest BCUT2D eigenvalue weighted by molar-refractivity contribution is 5.88. The number of hydrogen-bond acceptors (Lipinski definition) is 6. The largest absolute Gasteiger partial charge is 0.386 e. The molecule has 2 amide bonds. The molecule has 1 rings (SSSR count). The Morgan fingerprint density at radius 2 is 1.72 bits per heavy atom. The van der Waals surface area contributed by atoms with Crippen LogP contribution in [0.25, 0.3) is 0 Å². The molecule has 0 bridgehead atoms. The zero-order valence-corrected chi connectivity index (χ0v) is 22.7. The molecule has 2 atom stereocenters. The van der Waals surface area contributed by atoms with E-state index in [1.165, 1.54) is 11.1 Å². The van der Waals surface area contributed by atoms with Gasteiger partial charge >= 0.3 is 0 Å². The van der Waals surface area contributed by atoms with E-state index in [0.29, 0.717) is 13.1 Å². The summed E-state index contributed by atoms with van der Waals surface area (Å²) in [6, 6.07) is 7.71. The fraction of sp³-hybridized carbons (Fsp3) is 0.571. The van der Waals surface area contributed by atoms with Gasteiger partial charge < -0.3 is 32.3 Å². The van der Waals surface area contributed by atoms with Crippen molar-refractivity contribution in [1.29, 1.82) is 0 Å². The number of rotatable bonds is 19. The second kappa shape index (κ2) is 18.3. The van der Waals surface area contributed by atoms with E-state index in [1.807, 2.05) is 0 Å². The highest BCUT2D eigenvalue weighted by Gasteiger charge is 2.21. The molecular formula is C28H48N6O2. The van der Waals surface area contributed by atoms with Crippen molar-refractivity contribution in [2.75, 3.05) is 32.7 Å². The van der Waals surface area contributed by atoms with Crippen LogP contribution in [0.4, 0.5) is 0 Å². The van der Waals surface area contributed by atoms with Gasteiger partial charge in [-0.25, -0.2) is 0 Å². The number of aryl methyl sites for hydroxylation is 1. The first-order valence-electron chi connectivity index (χ1n) is 13.3. The Bertz CT molecular complexity index is 839. The molecule has 0 saturated heterocycles. The van der Waals surface area contributed by atoms with Gasteiger partial charge in [0.15, 0.2) is 0 Å². The summed E-state index contributed by atoms with van der Waals surface area (Å²) in [5.74, 6) is -0.0191. The van der Waals surface area contributed by atoms with Gasteiger partial charge in [-0.15, -0.1) is 0 Å². The van der Waals surface area contributed by atoms with Crippen LogP contribution in [0.2, 0.25) is 0 Å². The maximum Gasteiger partial charge on any atom is 0.244 e. The quantitative estimate of drug-likeness (QED) is 0.162. The number of hydrogen-bond donors (Lipinski definition) is 6. The Morgan fingerprint density at radius 1 is 1.00 bits per heavy atom. The third-order valence-corrected chi connectivity index (χ3v) is 5.68. The molecule has 8 heteroatoms. The number of allylic oxidation sites excluding steroid dienone is 1. The van der Waals surface area contributed by atoms with Crippen LogP contribution < -0.4 is 32.3 Å². The van der Waals surface area contributed by atoms with Gasteiger partial charge in [-0.2, -0.15) is 0 Å². The van der Waals surface area contributed by atoms with Gasteiger partial charge in [0.2, 0.25) is 11.8 Å². The van der Waals surface area contributed by atoms with Crippen molar-refractivity contribution in [3.8, 4) is 0 Å². The third kappa shape index (κ3) is 13.2. The lowest BCUT2D eigenvalue weighted by molar-refractivity contribution is -0.128. The molecule has 2 unspecified atom stereocenters. The molecule has 0 aromatic heterocycles. The number of nitrogens with two attached hydrogens (primary N) is 1. The number of amides is 2. The predicted octanol–water partition coefficient (Wildman–Crippen LogP) is 2.32. The average molecular weight is 501 g/mol. The molecule has 0 aliphatic carbocycles. The van der Waals surface area contributed by atoms with Crippen LogP contribution in [0.5, 0.6) is 0 Å². The molecular weight excluding hydrogens is 452 g/mol. The number of nitrogens with one attached hydrogen (secondary N) is 5. The molecule has 7 N–H and O–H groups in total. The van der Waals surface area contributed by atoms with Crippen molar-refractivity contribution >= 4 is 11.8 Å². The summed E-state index contributed by atoms with van der Waals surface area (Å²) in [5.41, 5.74) is 9.28. The summed E-state index contributed by atoms with van der Waals surface area (Å²) in [4.78, 5) is 25.6. The molecule has 0 aliphatic heterocycles. The van der Waals surface area contributed by atoms with E-state index in [1.54, 1.807) is 0 Å². The van der Waals surface area contributed by atoms with Gasteiger partial charge in [0.1, 0.15) is 6.04 Å². The van der Waals surface area contributed by atoms with Crippen LogP contribution in [-0.2, 0) is 22.4 Å². The van der Waals surface area contributed by atoms with Crippen LogP contribution >= 0.6 is 0 Å². The zero-order chi connectivity index (χ0) is 26.8. The van der Waals surface area contributed by atoms with E-state index < -0.39 is 6.04 Å². The first-order chi connectivity index (χ1) is 17.3. The van der Waals surface area contributed by atoms with E-state index >= 15 is 0 Å².